The molecule has 0 aromatic heterocycles. The van der Waals surface area contributed by atoms with Gasteiger partial charge in [-0.1, -0.05) is 57.2 Å². The minimum absolute atomic E-state index is 0.0584. The maximum atomic E-state index is 13.3. The predicted molar refractivity (Wildman–Crippen MR) is 109 cm³/mol. The molecule has 0 radical (unpaired) electrons. The molecule has 0 spiro atoms. The van der Waals surface area contributed by atoms with Gasteiger partial charge in [0.15, 0.2) is 0 Å². The van der Waals surface area contributed by atoms with E-state index in [0.717, 1.165) is 23.4 Å². The Labute approximate surface area is 185 Å². The third-order valence-electron chi connectivity index (χ3n) is 5.37. The first-order valence-corrected chi connectivity index (χ1v) is 10.6. The second kappa shape index (κ2) is 8.30. The van der Waals surface area contributed by atoms with Crippen LogP contribution in [-0.4, -0.2) is 28.6 Å². The van der Waals surface area contributed by atoms with E-state index in [-0.39, 0.29) is 21.7 Å². The summed E-state index contributed by atoms with van der Waals surface area (Å²) in [5, 5.41) is 9.39. The second-order valence-electron chi connectivity index (χ2n) is 7.93. The molecule has 1 aliphatic heterocycles. The molecular weight excluding hydrogens is 456 g/mol. The molecule has 0 unspecified atom stereocenters. The summed E-state index contributed by atoms with van der Waals surface area (Å²) in [5.41, 5.74) is -5.37. The molecule has 0 fully saturated rings. The molecule has 174 valence electrons. The molecule has 0 saturated carbocycles. The van der Waals surface area contributed by atoms with Crippen LogP contribution in [0.5, 0.6) is 0 Å². The molecule has 1 aliphatic rings. The number of aliphatic hydroxyl groups is 1. The monoisotopic (exact) mass is 477 g/mol. The molecule has 3 nitrogen and oxygen atoms in total. The van der Waals surface area contributed by atoms with Gasteiger partial charge in [-0.15, -0.1) is 11.8 Å². The Kier molecular flexibility index (Phi) is 6.34. The number of halogens is 6. The van der Waals surface area contributed by atoms with Crippen LogP contribution < -0.4 is 4.90 Å². The number of carbonyl (C=O) groups is 1. The van der Waals surface area contributed by atoms with E-state index in [1.54, 1.807) is 39.0 Å². The van der Waals surface area contributed by atoms with Crippen LogP contribution in [0.15, 0.2) is 53.4 Å². The second-order valence-corrected chi connectivity index (χ2v) is 9.35. The Morgan fingerprint density at radius 2 is 1.56 bits per heavy atom. The standard InChI is InChI=1S/C22H21F6NO2S/c1-12(2)19(30)29-16-10-9-15(20(31,21(23,24)25)22(26,27)28)11-17(16)32-13(3)18(29)14-7-5-4-6-8-14/h4-13,18,31H,1-3H3/t13-,18-/m1/s1. The van der Waals surface area contributed by atoms with Crippen LogP contribution in [0.4, 0.5) is 32.0 Å². The highest BCUT2D eigenvalue weighted by atomic mass is 32.2. The van der Waals surface area contributed by atoms with E-state index in [9.17, 15) is 36.2 Å². The average molecular weight is 477 g/mol. The van der Waals surface area contributed by atoms with Crippen LogP contribution in [0.3, 0.4) is 0 Å². The van der Waals surface area contributed by atoms with E-state index in [2.05, 4.69) is 0 Å². The number of benzene rings is 2. The molecule has 3 rings (SSSR count). The number of amides is 1. The van der Waals surface area contributed by atoms with Gasteiger partial charge in [-0.05, 0) is 17.7 Å². The molecule has 2 aromatic carbocycles. The Balaban J connectivity index is 2.20. The number of anilines is 1. The Morgan fingerprint density at radius 1 is 1.00 bits per heavy atom. The topological polar surface area (TPSA) is 40.5 Å². The fourth-order valence-corrected chi connectivity index (χ4v) is 5.04. The van der Waals surface area contributed by atoms with E-state index < -0.39 is 35.5 Å². The van der Waals surface area contributed by atoms with Gasteiger partial charge in [0.2, 0.25) is 5.91 Å². The number of thioether (sulfide) groups is 1. The summed E-state index contributed by atoms with van der Waals surface area (Å²) in [7, 11) is 0. The summed E-state index contributed by atoms with van der Waals surface area (Å²) >= 11 is 1.06. The van der Waals surface area contributed by atoms with Crippen LogP contribution in [0.25, 0.3) is 0 Å². The molecule has 10 heteroatoms. The summed E-state index contributed by atoms with van der Waals surface area (Å²) < 4.78 is 80.1. The van der Waals surface area contributed by atoms with Gasteiger partial charge < -0.3 is 10.0 Å². The highest BCUT2D eigenvalue weighted by Crippen LogP contribution is 2.53. The number of hydrogen-bond acceptors (Lipinski definition) is 3. The lowest BCUT2D eigenvalue weighted by Gasteiger charge is -2.42. The quantitative estimate of drug-likeness (QED) is 0.534. The van der Waals surface area contributed by atoms with Crippen molar-refractivity contribution in [3.05, 3.63) is 59.7 Å². The summed E-state index contributed by atoms with van der Waals surface area (Å²) in [6.45, 7) is 5.08. The van der Waals surface area contributed by atoms with E-state index in [4.69, 9.17) is 0 Å². The van der Waals surface area contributed by atoms with Crippen molar-refractivity contribution >= 4 is 23.4 Å². The van der Waals surface area contributed by atoms with Crippen LogP contribution >= 0.6 is 11.8 Å². The molecule has 1 amide bonds. The number of hydrogen-bond donors (Lipinski definition) is 1. The molecule has 1 heterocycles. The van der Waals surface area contributed by atoms with Gasteiger partial charge in [0, 0.05) is 21.6 Å². The summed E-state index contributed by atoms with van der Waals surface area (Å²) in [6, 6.07) is 10.8. The summed E-state index contributed by atoms with van der Waals surface area (Å²) in [6.07, 6.45) is -12.0. The van der Waals surface area contributed by atoms with Crippen LogP contribution in [0, 0.1) is 5.92 Å². The SMILES string of the molecule is CC(C)C(=O)N1c2ccc(C(O)(C(F)(F)F)C(F)(F)F)cc2S[C@H](C)[C@@H]1c1ccccc1. The van der Waals surface area contributed by atoms with Crippen molar-refractivity contribution in [2.24, 2.45) is 5.92 Å². The van der Waals surface area contributed by atoms with Crippen LogP contribution in [-0.2, 0) is 10.4 Å². The van der Waals surface area contributed by atoms with Gasteiger partial charge >= 0.3 is 12.4 Å². The van der Waals surface area contributed by atoms with Crippen molar-refractivity contribution in [1.29, 1.82) is 0 Å². The lowest BCUT2D eigenvalue weighted by molar-refractivity contribution is -0.376. The lowest BCUT2D eigenvalue weighted by atomic mass is 9.91. The molecule has 2 aromatic rings. The number of fused-ring (bicyclic) bond motifs is 1. The number of nitrogens with zero attached hydrogens (tertiary/aromatic N) is 1. The summed E-state index contributed by atoms with van der Waals surface area (Å²) in [5.74, 6) is -0.784. The summed E-state index contributed by atoms with van der Waals surface area (Å²) in [4.78, 5) is 14.6. The zero-order chi connectivity index (χ0) is 24.1. The van der Waals surface area contributed by atoms with E-state index >= 15 is 0 Å². The molecule has 0 aliphatic carbocycles. The molecule has 32 heavy (non-hydrogen) atoms. The smallest absolute Gasteiger partial charge is 0.369 e. The third kappa shape index (κ3) is 3.98. The van der Waals surface area contributed by atoms with Gasteiger partial charge in [-0.3, -0.25) is 4.79 Å². The first-order chi connectivity index (χ1) is 14.7. The van der Waals surface area contributed by atoms with Gasteiger partial charge in [0.05, 0.1) is 11.7 Å². The molecular formula is C22H21F6NO2S. The normalized spacial score (nSPS) is 19.8. The van der Waals surface area contributed by atoms with E-state index in [1.165, 1.54) is 4.90 Å². The van der Waals surface area contributed by atoms with Gasteiger partial charge in [-0.2, -0.15) is 26.3 Å². The minimum Gasteiger partial charge on any atom is -0.369 e. The largest absolute Gasteiger partial charge is 0.430 e. The molecule has 0 saturated heterocycles. The van der Waals surface area contributed by atoms with Crippen molar-refractivity contribution in [1.82, 2.24) is 0 Å². The van der Waals surface area contributed by atoms with Crippen molar-refractivity contribution in [3.63, 3.8) is 0 Å². The Bertz CT molecular complexity index is 976. The van der Waals surface area contributed by atoms with Crippen LogP contribution in [0.1, 0.15) is 37.9 Å². The Morgan fingerprint density at radius 3 is 2.06 bits per heavy atom. The first-order valence-electron chi connectivity index (χ1n) is 9.75. The first kappa shape index (κ1) is 24.4. The highest BCUT2D eigenvalue weighted by Gasteiger charge is 2.71. The molecule has 2 atom stereocenters. The number of rotatable bonds is 3. The zero-order valence-corrected chi connectivity index (χ0v) is 18.1. The number of carbonyl (C=O) groups excluding carboxylic acids is 1. The lowest BCUT2D eigenvalue weighted by Crippen LogP contribution is -2.54. The molecule has 1 N–H and O–H groups in total. The van der Waals surface area contributed by atoms with Crippen molar-refractivity contribution in [3.8, 4) is 0 Å². The fourth-order valence-electron chi connectivity index (χ4n) is 3.75. The van der Waals surface area contributed by atoms with Gasteiger partial charge in [-0.25, -0.2) is 0 Å². The maximum Gasteiger partial charge on any atom is 0.430 e. The minimum atomic E-state index is -5.98. The van der Waals surface area contributed by atoms with Crippen molar-refractivity contribution in [2.45, 2.75) is 54.9 Å². The highest BCUT2D eigenvalue weighted by molar-refractivity contribution is 8.00. The third-order valence-corrected chi connectivity index (χ3v) is 6.58. The predicted octanol–water partition coefficient (Wildman–Crippen LogP) is 6.22. The van der Waals surface area contributed by atoms with Gasteiger partial charge in [0.1, 0.15) is 0 Å². The zero-order valence-electron chi connectivity index (χ0n) is 17.3. The van der Waals surface area contributed by atoms with Crippen molar-refractivity contribution < 1.29 is 36.2 Å². The average Bonchev–Trinajstić information content (AvgIpc) is 2.70. The fraction of sp³-hybridized carbons (Fsp3) is 0.409. The van der Waals surface area contributed by atoms with E-state index in [0.29, 0.717) is 12.1 Å². The van der Waals surface area contributed by atoms with E-state index in [1.807, 2.05) is 12.1 Å². The maximum absolute atomic E-state index is 13.3. The molecule has 0 bridgehead atoms. The number of alkyl halides is 6. The van der Waals surface area contributed by atoms with Crippen molar-refractivity contribution in [2.75, 3.05) is 4.90 Å². The Hall–Kier alpha value is -2.20. The van der Waals surface area contributed by atoms with Gasteiger partial charge in [0.25, 0.3) is 5.60 Å². The van der Waals surface area contributed by atoms with Crippen LogP contribution in [0.2, 0.25) is 0 Å².